The monoisotopic (exact) mass is 500 g/mol. The van der Waals surface area contributed by atoms with Crippen LogP contribution in [0.3, 0.4) is 0 Å². The van der Waals surface area contributed by atoms with Gasteiger partial charge >= 0.3 is 12.3 Å². The molecule has 1 aromatic heterocycles. The largest absolute Gasteiger partial charge is 0.586 e. The van der Waals surface area contributed by atoms with Gasteiger partial charge in [0.05, 0.1) is 17.7 Å². The highest BCUT2D eigenvalue weighted by molar-refractivity contribution is 7.13. The Hall–Kier alpha value is -3.73. The van der Waals surface area contributed by atoms with Crippen LogP contribution in [0.1, 0.15) is 57.2 Å². The predicted octanol–water partition coefficient (Wildman–Crippen LogP) is 4.58. The van der Waals surface area contributed by atoms with Gasteiger partial charge in [0.15, 0.2) is 17.6 Å². The number of aromatic carboxylic acids is 1. The third-order valence-corrected chi connectivity index (χ3v) is 7.54. The van der Waals surface area contributed by atoms with E-state index in [1.54, 1.807) is 12.1 Å². The van der Waals surface area contributed by atoms with Gasteiger partial charge in [-0.15, -0.1) is 20.1 Å². The Morgan fingerprint density at radius 2 is 1.86 bits per heavy atom. The molecule has 3 aliphatic rings. The summed E-state index contributed by atoms with van der Waals surface area (Å²) < 4.78 is 42.0. The molecule has 2 aliphatic heterocycles. The van der Waals surface area contributed by atoms with Gasteiger partial charge in [-0.3, -0.25) is 4.79 Å². The number of halogens is 2. The highest BCUT2D eigenvalue weighted by Gasteiger charge is 2.53. The zero-order chi connectivity index (χ0) is 24.4. The number of fused-ring (bicyclic) bond motifs is 2. The van der Waals surface area contributed by atoms with Gasteiger partial charge in [0, 0.05) is 12.0 Å². The number of thiazole rings is 1. The van der Waals surface area contributed by atoms with E-state index in [9.17, 15) is 23.5 Å². The van der Waals surface area contributed by atoms with Gasteiger partial charge in [-0.2, -0.15) is 0 Å². The molecule has 35 heavy (non-hydrogen) atoms. The van der Waals surface area contributed by atoms with Gasteiger partial charge in [0.2, 0.25) is 5.91 Å². The quantitative estimate of drug-likeness (QED) is 0.528. The first kappa shape index (κ1) is 21.8. The molecule has 11 heteroatoms. The number of rotatable bonds is 5. The van der Waals surface area contributed by atoms with Crippen molar-refractivity contribution in [3.63, 3.8) is 0 Å². The summed E-state index contributed by atoms with van der Waals surface area (Å²) in [6.07, 6.45) is -1.47. The second-order valence-corrected chi connectivity index (χ2v) is 9.75. The van der Waals surface area contributed by atoms with E-state index in [1.807, 2.05) is 18.2 Å². The minimum Gasteiger partial charge on any atom is -0.483 e. The highest BCUT2D eigenvalue weighted by atomic mass is 32.1. The molecule has 8 nitrogen and oxygen atoms in total. The first-order chi connectivity index (χ1) is 16.7. The fraction of sp³-hybridized carbons (Fsp3) is 0.292. The van der Waals surface area contributed by atoms with Crippen LogP contribution in [-0.2, 0) is 10.2 Å². The lowest BCUT2D eigenvalue weighted by atomic mass is 9.91. The maximum absolute atomic E-state index is 13.5. The van der Waals surface area contributed by atoms with Crippen LogP contribution in [0, 0.1) is 0 Å². The zero-order valence-electron chi connectivity index (χ0n) is 18.0. The number of benzene rings is 2. The van der Waals surface area contributed by atoms with Crippen molar-refractivity contribution in [2.24, 2.45) is 0 Å². The van der Waals surface area contributed by atoms with Crippen LogP contribution >= 0.6 is 11.3 Å². The minimum atomic E-state index is -3.73. The normalized spacial score (nSPS) is 22.6. The van der Waals surface area contributed by atoms with Crippen LogP contribution in [-0.4, -0.2) is 28.3 Å². The Kier molecular flexibility index (Phi) is 4.75. The van der Waals surface area contributed by atoms with Gasteiger partial charge in [-0.05, 0) is 36.6 Å². The number of hydrogen-bond acceptors (Lipinski definition) is 7. The molecular weight excluding hydrogens is 482 g/mol. The van der Waals surface area contributed by atoms with Crippen LogP contribution in [0.5, 0.6) is 17.2 Å². The van der Waals surface area contributed by atoms with E-state index < -0.39 is 29.8 Å². The Balaban J connectivity index is 1.26. The van der Waals surface area contributed by atoms with E-state index in [4.69, 9.17) is 4.74 Å². The van der Waals surface area contributed by atoms with Crippen LogP contribution in [0.25, 0.3) is 0 Å². The maximum atomic E-state index is 13.5. The van der Waals surface area contributed by atoms with Gasteiger partial charge in [-0.25, -0.2) is 9.78 Å². The lowest BCUT2D eigenvalue weighted by Crippen LogP contribution is -2.39. The average molecular weight is 500 g/mol. The number of alkyl halides is 2. The molecule has 180 valence electrons. The number of aromatic nitrogens is 1. The number of hydrogen-bond donors (Lipinski definition) is 2. The van der Waals surface area contributed by atoms with Crippen molar-refractivity contribution >= 4 is 23.2 Å². The molecule has 6 rings (SSSR count). The molecule has 0 unspecified atom stereocenters. The smallest absolute Gasteiger partial charge is 0.483 e. The number of amides is 1. The molecule has 2 aromatic carbocycles. The molecule has 1 saturated carbocycles. The van der Waals surface area contributed by atoms with Crippen LogP contribution < -0.4 is 19.5 Å². The van der Waals surface area contributed by atoms with Gasteiger partial charge in [-0.1, -0.05) is 24.3 Å². The molecular formula is C24H18F2N2O6S. The van der Waals surface area contributed by atoms with Crippen LogP contribution in [0.2, 0.25) is 0 Å². The molecule has 0 spiro atoms. The second kappa shape index (κ2) is 7.64. The molecule has 1 fully saturated rings. The molecule has 2 atom stereocenters. The van der Waals surface area contributed by atoms with Crippen molar-refractivity contribution in [1.82, 2.24) is 10.3 Å². The molecule has 0 radical (unpaired) electrons. The highest BCUT2D eigenvalue weighted by Crippen LogP contribution is 2.52. The Labute approximate surface area is 201 Å². The number of carboxylic acid groups (broad SMARTS) is 1. The fourth-order valence-electron chi connectivity index (χ4n) is 4.56. The summed E-state index contributed by atoms with van der Waals surface area (Å²) in [5.41, 5.74) is 0.530. The summed E-state index contributed by atoms with van der Waals surface area (Å²) in [5.74, 6) is -0.876. The van der Waals surface area contributed by atoms with E-state index in [2.05, 4.69) is 19.8 Å². The molecule has 1 amide bonds. The topological polar surface area (TPSA) is 107 Å². The molecule has 2 N–H and O–H groups in total. The lowest BCUT2D eigenvalue weighted by molar-refractivity contribution is -0.286. The summed E-state index contributed by atoms with van der Waals surface area (Å²) in [4.78, 5) is 29.1. The van der Waals surface area contributed by atoms with Crippen molar-refractivity contribution in [2.75, 3.05) is 0 Å². The molecule has 3 heterocycles. The first-order valence-corrected chi connectivity index (χ1v) is 11.7. The summed E-state index contributed by atoms with van der Waals surface area (Å²) >= 11 is 1.03. The molecule has 1 aliphatic carbocycles. The van der Waals surface area contributed by atoms with Crippen molar-refractivity contribution < 1.29 is 37.7 Å². The van der Waals surface area contributed by atoms with Gasteiger partial charge < -0.3 is 24.6 Å². The Morgan fingerprint density at radius 1 is 1.09 bits per heavy atom. The number of nitrogens with one attached hydrogen (secondary N) is 1. The van der Waals surface area contributed by atoms with Crippen molar-refractivity contribution in [3.05, 3.63) is 69.7 Å². The summed E-state index contributed by atoms with van der Waals surface area (Å²) in [7, 11) is 0. The first-order valence-electron chi connectivity index (χ1n) is 10.9. The third-order valence-electron chi connectivity index (χ3n) is 6.47. The number of carbonyl (C=O) groups excluding carboxylic acids is 1. The van der Waals surface area contributed by atoms with E-state index in [1.165, 1.54) is 18.3 Å². The number of nitrogens with zero attached hydrogens (tertiary/aromatic N) is 1. The van der Waals surface area contributed by atoms with E-state index in [-0.39, 0.29) is 22.3 Å². The summed E-state index contributed by atoms with van der Waals surface area (Å²) in [5, 5.41) is 12.9. The molecule has 0 bridgehead atoms. The van der Waals surface area contributed by atoms with E-state index in [0.717, 1.165) is 16.9 Å². The van der Waals surface area contributed by atoms with Crippen LogP contribution in [0.4, 0.5) is 8.78 Å². The predicted molar refractivity (Wildman–Crippen MR) is 118 cm³/mol. The number of ether oxygens (including phenoxy) is 3. The standard InChI is InChI=1S/C24H18F2N2O6S/c25-24(26)33-16-6-5-12(9-17(16)34-24)23(7-8-23)22(31)28-14-10-18(20-27-11-19(35-20)21(29)30)32-15-4-2-1-3-13(14)15/h1-6,9,11,14,18H,7-8,10H2,(H,28,31)(H,29,30)/t14-,18-/m1/s1. The maximum Gasteiger partial charge on any atom is 0.586 e. The van der Waals surface area contributed by atoms with Crippen molar-refractivity contribution in [2.45, 2.75) is 43.1 Å². The molecule has 3 aromatic rings. The SMILES string of the molecule is O=C(O)c1cnc([C@H]2C[C@@H](NC(=O)C3(c4ccc5c(c4)OC(F)(F)O5)CC3)c3ccccc3O2)s1. The number of carboxylic acids is 1. The van der Waals surface area contributed by atoms with Gasteiger partial charge in [0.25, 0.3) is 0 Å². The number of carbonyl (C=O) groups is 2. The average Bonchev–Trinajstić information content (AvgIpc) is 3.36. The van der Waals surface area contributed by atoms with Crippen molar-refractivity contribution in [1.29, 1.82) is 0 Å². The van der Waals surface area contributed by atoms with Gasteiger partial charge in [0.1, 0.15) is 15.6 Å². The Bertz CT molecular complexity index is 1360. The second-order valence-electron chi connectivity index (χ2n) is 8.69. The van der Waals surface area contributed by atoms with Crippen LogP contribution in [0.15, 0.2) is 48.7 Å². The number of para-hydroxylation sites is 1. The Morgan fingerprint density at radius 3 is 2.60 bits per heavy atom. The summed E-state index contributed by atoms with van der Waals surface area (Å²) in [6.45, 7) is 0. The molecule has 0 saturated heterocycles. The van der Waals surface area contributed by atoms with E-state index >= 15 is 0 Å². The lowest BCUT2D eigenvalue weighted by Gasteiger charge is -2.32. The van der Waals surface area contributed by atoms with Crippen molar-refractivity contribution in [3.8, 4) is 17.2 Å². The van der Waals surface area contributed by atoms with E-state index in [0.29, 0.717) is 35.6 Å². The zero-order valence-corrected chi connectivity index (χ0v) is 18.8. The minimum absolute atomic E-state index is 0.0691. The fourth-order valence-corrected chi connectivity index (χ4v) is 5.36. The summed E-state index contributed by atoms with van der Waals surface area (Å²) in [6, 6.07) is 11.3. The third kappa shape index (κ3) is 3.75.